The lowest BCUT2D eigenvalue weighted by atomic mass is 10.0. The zero-order chi connectivity index (χ0) is 23.9. The van der Waals surface area contributed by atoms with Crippen molar-refractivity contribution in [3.05, 3.63) is 48.0 Å². The molecule has 172 valence electrons. The summed E-state index contributed by atoms with van der Waals surface area (Å²) in [6.45, 7) is 0.630. The molecule has 0 radical (unpaired) electrons. The lowest BCUT2D eigenvalue weighted by Crippen LogP contribution is -2.46. The van der Waals surface area contributed by atoms with Gasteiger partial charge in [-0.25, -0.2) is 8.42 Å². The number of hydrogen-bond donors (Lipinski definition) is 2. The van der Waals surface area contributed by atoms with Crippen LogP contribution in [0.15, 0.2) is 42.5 Å². The molecule has 9 nitrogen and oxygen atoms in total. The first-order chi connectivity index (χ1) is 15.0. The van der Waals surface area contributed by atoms with E-state index in [4.69, 9.17) is 9.84 Å². The molecule has 2 N–H and O–H groups in total. The predicted octanol–water partition coefficient (Wildman–Crippen LogP) is 1.13. The Morgan fingerprint density at radius 2 is 1.72 bits per heavy atom. The Kier molecular flexibility index (Phi) is 8.48. The topological polar surface area (TPSA) is 144 Å². The van der Waals surface area contributed by atoms with Gasteiger partial charge in [-0.15, -0.1) is 0 Å². The standard InChI is InChI=1S/C22H25NO8S/c1-14(13-32(2,29)30)22(28)23-18(11-20(25)26)19(24)12-31-21(27)10-16-8-5-7-15-6-3-4-9-17(15)16/h3-9,14,18H,10-13H2,1-2H3,(H,23,28)(H,25,26). The number of carbonyl (C=O) groups is 4. The Balaban J connectivity index is 1.99. The maximum absolute atomic E-state index is 12.4. The van der Waals surface area contributed by atoms with Crippen LogP contribution in [0.5, 0.6) is 0 Å². The molecule has 0 aliphatic heterocycles. The van der Waals surface area contributed by atoms with Crippen molar-refractivity contribution in [3.63, 3.8) is 0 Å². The molecule has 2 aromatic rings. The first-order valence-electron chi connectivity index (χ1n) is 9.81. The Labute approximate surface area is 185 Å². The number of hydrogen-bond acceptors (Lipinski definition) is 7. The van der Waals surface area contributed by atoms with Gasteiger partial charge in [0.1, 0.15) is 15.9 Å². The summed E-state index contributed by atoms with van der Waals surface area (Å²) in [7, 11) is -3.45. The number of ether oxygens (including phenoxy) is 1. The van der Waals surface area contributed by atoms with Crippen molar-refractivity contribution >= 4 is 44.2 Å². The number of Topliss-reactive ketones (excluding diaryl/α,β-unsaturated/α-hetero) is 1. The van der Waals surface area contributed by atoms with Crippen molar-refractivity contribution in [3.8, 4) is 0 Å². The summed E-state index contributed by atoms with van der Waals surface area (Å²) >= 11 is 0. The average Bonchev–Trinajstić information content (AvgIpc) is 2.70. The molecule has 0 spiro atoms. The molecule has 2 rings (SSSR count). The van der Waals surface area contributed by atoms with Crippen LogP contribution in [0.2, 0.25) is 0 Å². The second-order valence-corrected chi connectivity index (χ2v) is 9.78. The van der Waals surface area contributed by atoms with E-state index in [1.54, 1.807) is 12.1 Å². The van der Waals surface area contributed by atoms with Gasteiger partial charge in [0.2, 0.25) is 5.91 Å². The molecule has 0 aliphatic carbocycles. The van der Waals surface area contributed by atoms with Crippen LogP contribution in [-0.2, 0) is 40.2 Å². The van der Waals surface area contributed by atoms with Gasteiger partial charge in [-0.05, 0) is 16.3 Å². The highest BCUT2D eigenvalue weighted by atomic mass is 32.2. The highest BCUT2D eigenvalue weighted by molar-refractivity contribution is 7.90. The molecule has 0 bridgehead atoms. The molecular weight excluding hydrogens is 438 g/mol. The molecule has 0 aliphatic rings. The smallest absolute Gasteiger partial charge is 0.310 e. The number of rotatable bonds is 11. The van der Waals surface area contributed by atoms with Gasteiger partial charge >= 0.3 is 11.9 Å². The van der Waals surface area contributed by atoms with Crippen LogP contribution in [-0.4, -0.2) is 61.8 Å². The molecule has 2 atom stereocenters. The summed E-state index contributed by atoms with van der Waals surface area (Å²) < 4.78 is 27.7. The van der Waals surface area contributed by atoms with Crippen molar-refractivity contribution in [1.29, 1.82) is 0 Å². The molecule has 10 heteroatoms. The summed E-state index contributed by atoms with van der Waals surface area (Å²) in [6, 6.07) is 11.5. The Bertz CT molecular complexity index is 1120. The summed E-state index contributed by atoms with van der Waals surface area (Å²) in [6.07, 6.45) is 0.152. The monoisotopic (exact) mass is 463 g/mol. The van der Waals surface area contributed by atoms with E-state index in [9.17, 15) is 27.6 Å². The molecule has 0 saturated carbocycles. The van der Waals surface area contributed by atoms with Gasteiger partial charge in [-0.2, -0.15) is 0 Å². The third kappa shape index (κ3) is 7.77. The minimum absolute atomic E-state index is 0.0873. The molecule has 0 saturated heterocycles. The highest BCUT2D eigenvalue weighted by Gasteiger charge is 2.28. The minimum atomic E-state index is -3.45. The first kappa shape index (κ1) is 25.0. The third-order valence-corrected chi connectivity index (χ3v) is 5.78. The SMILES string of the molecule is CC(CS(C)(=O)=O)C(=O)NC(CC(=O)O)C(=O)COC(=O)Cc1cccc2ccccc12. The van der Waals surface area contributed by atoms with Crippen LogP contribution < -0.4 is 5.32 Å². The van der Waals surface area contributed by atoms with Gasteiger partial charge in [0.05, 0.1) is 18.6 Å². The van der Waals surface area contributed by atoms with E-state index in [0.29, 0.717) is 5.56 Å². The number of ketones is 1. The van der Waals surface area contributed by atoms with Crippen LogP contribution in [0.4, 0.5) is 0 Å². The van der Waals surface area contributed by atoms with Gasteiger partial charge in [-0.1, -0.05) is 49.4 Å². The zero-order valence-electron chi connectivity index (χ0n) is 17.7. The summed E-state index contributed by atoms with van der Waals surface area (Å²) in [4.78, 5) is 47.9. The van der Waals surface area contributed by atoms with Crippen molar-refractivity contribution in [2.24, 2.45) is 5.92 Å². The maximum Gasteiger partial charge on any atom is 0.310 e. The molecule has 2 aromatic carbocycles. The second kappa shape index (κ2) is 10.9. The number of carboxylic acid groups (broad SMARTS) is 1. The Morgan fingerprint density at radius 3 is 2.38 bits per heavy atom. The number of aliphatic carboxylic acids is 1. The average molecular weight is 464 g/mol. The van der Waals surface area contributed by atoms with Crippen molar-refractivity contribution in [2.75, 3.05) is 18.6 Å². The van der Waals surface area contributed by atoms with Crippen LogP contribution in [0.3, 0.4) is 0 Å². The normalized spacial score (nSPS) is 13.2. The molecule has 1 amide bonds. The van der Waals surface area contributed by atoms with Crippen LogP contribution >= 0.6 is 0 Å². The van der Waals surface area contributed by atoms with E-state index in [1.807, 2.05) is 30.3 Å². The highest BCUT2D eigenvalue weighted by Crippen LogP contribution is 2.19. The van der Waals surface area contributed by atoms with Crippen molar-refractivity contribution in [1.82, 2.24) is 5.32 Å². The molecule has 32 heavy (non-hydrogen) atoms. The van der Waals surface area contributed by atoms with Crippen LogP contribution in [0, 0.1) is 5.92 Å². The molecule has 2 unspecified atom stereocenters. The van der Waals surface area contributed by atoms with E-state index in [2.05, 4.69) is 5.32 Å². The fraction of sp³-hybridized carbons (Fsp3) is 0.364. The lowest BCUT2D eigenvalue weighted by Gasteiger charge is -2.18. The fourth-order valence-corrected chi connectivity index (χ4v) is 4.23. The van der Waals surface area contributed by atoms with Gasteiger partial charge in [-0.3, -0.25) is 19.2 Å². The molecule has 0 aromatic heterocycles. The van der Waals surface area contributed by atoms with Gasteiger partial charge in [0, 0.05) is 12.2 Å². The number of nitrogens with one attached hydrogen (secondary N) is 1. The zero-order valence-corrected chi connectivity index (χ0v) is 18.6. The van der Waals surface area contributed by atoms with Gasteiger partial charge < -0.3 is 15.2 Å². The molecule has 0 fully saturated rings. The third-order valence-electron chi connectivity index (χ3n) is 4.67. The lowest BCUT2D eigenvalue weighted by molar-refractivity contribution is -0.148. The number of carbonyl (C=O) groups excluding carboxylic acids is 3. The van der Waals surface area contributed by atoms with E-state index in [1.165, 1.54) is 6.92 Å². The first-order valence-corrected chi connectivity index (χ1v) is 11.9. The van der Waals surface area contributed by atoms with E-state index in [-0.39, 0.29) is 6.42 Å². The minimum Gasteiger partial charge on any atom is -0.481 e. The Morgan fingerprint density at radius 1 is 1.06 bits per heavy atom. The van der Waals surface area contributed by atoms with E-state index in [0.717, 1.165) is 17.0 Å². The quantitative estimate of drug-likeness (QED) is 0.472. The Hall–Kier alpha value is -3.27. The summed E-state index contributed by atoms with van der Waals surface area (Å²) in [5, 5.41) is 13.1. The second-order valence-electron chi connectivity index (χ2n) is 7.59. The molecular formula is C22H25NO8S. The van der Waals surface area contributed by atoms with Gasteiger partial charge in [0.25, 0.3) is 0 Å². The number of esters is 1. The maximum atomic E-state index is 12.4. The fourth-order valence-electron chi connectivity index (χ4n) is 3.17. The number of amides is 1. The largest absolute Gasteiger partial charge is 0.481 e. The van der Waals surface area contributed by atoms with Crippen molar-refractivity contribution < 1.29 is 37.4 Å². The molecule has 0 heterocycles. The number of benzene rings is 2. The van der Waals surface area contributed by atoms with E-state index < -0.39 is 64.2 Å². The van der Waals surface area contributed by atoms with Crippen molar-refractivity contribution in [2.45, 2.75) is 25.8 Å². The van der Waals surface area contributed by atoms with Crippen LogP contribution in [0.1, 0.15) is 18.9 Å². The van der Waals surface area contributed by atoms with E-state index >= 15 is 0 Å². The van der Waals surface area contributed by atoms with Gasteiger partial charge in [0.15, 0.2) is 12.4 Å². The summed E-state index contributed by atoms with van der Waals surface area (Å²) in [5.41, 5.74) is 0.713. The summed E-state index contributed by atoms with van der Waals surface area (Å²) in [5.74, 6) is -5.05. The number of carboxylic acids is 1. The number of fused-ring (bicyclic) bond motifs is 1. The predicted molar refractivity (Wildman–Crippen MR) is 117 cm³/mol. The van der Waals surface area contributed by atoms with Crippen LogP contribution in [0.25, 0.3) is 10.8 Å². The number of sulfone groups is 1.